The van der Waals surface area contributed by atoms with Gasteiger partial charge in [-0.25, -0.2) is 4.98 Å². The minimum Gasteiger partial charge on any atom is -0.347 e. The molecule has 0 aliphatic carbocycles. The van der Waals surface area contributed by atoms with Gasteiger partial charge in [0, 0.05) is 49.5 Å². The van der Waals surface area contributed by atoms with Crippen molar-refractivity contribution in [1.29, 1.82) is 0 Å². The van der Waals surface area contributed by atoms with E-state index < -0.39 is 0 Å². The summed E-state index contributed by atoms with van der Waals surface area (Å²) in [5.41, 5.74) is 4.90. The molecule has 0 unspecified atom stereocenters. The number of nitrogens with zero attached hydrogens (tertiary/aromatic N) is 5. The van der Waals surface area contributed by atoms with Crippen LogP contribution in [0, 0.1) is 6.92 Å². The first-order chi connectivity index (χ1) is 12.6. The molecular formula is C19H18N6O. The van der Waals surface area contributed by atoms with E-state index in [4.69, 9.17) is 0 Å². The highest BCUT2D eigenvalue weighted by atomic mass is 16.1. The molecule has 4 aromatic rings. The van der Waals surface area contributed by atoms with E-state index in [0.29, 0.717) is 17.9 Å². The molecule has 0 saturated carbocycles. The standard InChI is InChI=1S/C19H18N6O/c1-13-18(25-6-4-3-5-17(25)23-13)19(26)21-9-14-7-15(10-20-8-14)16-11-22-24(2)12-16/h3-8,10-12H,9H2,1-2H3,(H,21,26). The molecule has 4 aromatic heterocycles. The largest absolute Gasteiger partial charge is 0.347 e. The molecule has 0 atom stereocenters. The first-order valence-corrected chi connectivity index (χ1v) is 8.26. The number of aromatic nitrogens is 5. The summed E-state index contributed by atoms with van der Waals surface area (Å²) in [6.45, 7) is 2.23. The molecule has 130 valence electrons. The van der Waals surface area contributed by atoms with Crippen molar-refractivity contribution < 1.29 is 4.79 Å². The lowest BCUT2D eigenvalue weighted by atomic mass is 10.1. The van der Waals surface area contributed by atoms with Crippen LogP contribution in [-0.2, 0) is 13.6 Å². The van der Waals surface area contributed by atoms with Crippen LogP contribution in [0.4, 0.5) is 0 Å². The minimum absolute atomic E-state index is 0.159. The second-order valence-electron chi connectivity index (χ2n) is 6.14. The van der Waals surface area contributed by atoms with Gasteiger partial charge in [-0.1, -0.05) is 6.07 Å². The molecule has 0 aromatic carbocycles. The predicted octanol–water partition coefficient (Wildman–Crippen LogP) is 2.37. The zero-order valence-corrected chi connectivity index (χ0v) is 14.5. The normalized spacial score (nSPS) is 11.0. The first-order valence-electron chi connectivity index (χ1n) is 8.26. The van der Waals surface area contributed by atoms with Crippen molar-refractivity contribution >= 4 is 11.6 Å². The highest BCUT2D eigenvalue weighted by Crippen LogP contribution is 2.18. The fourth-order valence-corrected chi connectivity index (χ4v) is 2.97. The van der Waals surface area contributed by atoms with Crippen LogP contribution in [0.5, 0.6) is 0 Å². The van der Waals surface area contributed by atoms with E-state index >= 15 is 0 Å². The Morgan fingerprint density at radius 1 is 1.19 bits per heavy atom. The average molecular weight is 346 g/mol. The number of imidazole rings is 1. The molecule has 4 rings (SSSR count). The van der Waals surface area contributed by atoms with Gasteiger partial charge in [0.05, 0.1) is 11.9 Å². The Balaban J connectivity index is 1.54. The van der Waals surface area contributed by atoms with E-state index in [9.17, 15) is 4.79 Å². The van der Waals surface area contributed by atoms with Gasteiger partial charge in [0.1, 0.15) is 11.3 Å². The lowest BCUT2D eigenvalue weighted by Crippen LogP contribution is -2.25. The average Bonchev–Trinajstić information content (AvgIpc) is 3.22. The first kappa shape index (κ1) is 16.0. The summed E-state index contributed by atoms with van der Waals surface area (Å²) in [5.74, 6) is -0.159. The molecule has 7 nitrogen and oxygen atoms in total. The quantitative estimate of drug-likeness (QED) is 0.615. The monoisotopic (exact) mass is 346 g/mol. The zero-order valence-electron chi connectivity index (χ0n) is 14.5. The van der Waals surface area contributed by atoms with Crippen molar-refractivity contribution in [3.05, 3.63) is 72.2 Å². The third-order valence-electron chi connectivity index (χ3n) is 4.21. The number of aryl methyl sites for hydroxylation is 2. The van der Waals surface area contributed by atoms with Gasteiger partial charge in [0.25, 0.3) is 5.91 Å². The molecule has 0 saturated heterocycles. The van der Waals surface area contributed by atoms with Crippen molar-refractivity contribution in [3.8, 4) is 11.1 Å². The van der Waals surface area contributed by atoms with Gasteiger partial charge < -0.3 is 5.32 Å². The van der Waals surface area contributed by atoms with E-state index in [1.54, 1.807) is 27.7 Å². The number of carbonyl (C=O) groups is 1. The topological polar surface area (TPSA) is 77.1 Å². The molecule has 0 radical (unpaired) electrons. The molecule has 1 N–H and O–H groups in total. The summed E-state index contributed by atoms with van der Waals surface area (Å²) >= 11 is 0. The molecule has 26 heavy (non-hydrogen) atoms. The van der Waals surface area contributed by atoms with E-state index in [-0.39, 0.29) is 5.91 Å². The maximum absolute atomic E-state index is 12.7. The second kappa shape index (κ2) is 6.44. The van der Waals surface area contributed by atoms with E-state index in [1.807, 2.05) is 50.6 Å². The van der Waals surface area contributed by atoms with Crippen molar-refractivity contribution in [2.75, 3.05) is 0 Å². The van der Waals surface area contributed by atoms with Gasteiger partial charge in [-0.3, -0.25) is 18.9 Å². The number of carbonyl (C=O) groups excluding carboxylic acids is 1. The highest BCUT2D eigenvalue weighted by molar-refractivity contribution is 5.94. The van der Waals surface area contributed by atoms with Crippen LogP contribution < -0.4 is 5.32 Å². The fraction of sp³-hybridized carbons (Fsp3) is 0.158. The second-order valence-corrected chi connectivity index (χ2v) is 6.14. The summed E-state index contributed by atoms with van der Waals surface area (Å²) in [6, 6.07) is 7.67. The predicted molar refractivity (Wildman–Crippen MR) is 97.5 cm³/mol. The van der Waals surface area contributed by atoms with E-state index in [0.717, 1.165) is 22.3 Å². The Morgan fingerprint density at radius 3 is 2.88 bits per heavy atom. The zero-order chi connectivity index (χ0) is 18.1. The SMILES string of the molecule is Cc1nc2ccccn2c1C(=O)NCc1cncc(-c2cnn(C)c2)c1. The number of hydrogen-bond acceptors (Lipinski definition) is 4. The van der Waals surface area contributed by atoms with Gasteiger partial charge in [0.2, 0.25) is 0 Å². The number of pyridine rings is 2. The number of amides is 1. The van der Waals surface area contributed by atoms with Crippen molar-refractivity contribution in [1.82, 2.24) is 29.5 Å². The molecule has 0 fully saturated rings. The lowest BCUT2D eigenvalue weighted by molar-refractivity contribution is 0.0944. The van der Waals surface area contributed by atoms with Crippen LogP contribution in [0.1, 0.15) is 21.7 Å². The lowest BCUT2D eigenvalue weighted by Gasteiger charge is -2.07. The van der Waals surface area contributed by atoms with Gasteiger partial charge in [-0.15, -0.1) is 0 Å². The third kappa shape index (κ3) is 2.95. The van der Waals surface area contributed by atoms with E-state index in [1.165, 1.54) is 0 Å². The summed E-state index contributed by atoms with van der Waals surface area (Å²) in [5, 5.41) is 7.14. The maximum atomic E-state index is 12.7. The molecule has 0 aliphatic rings. The summed E-state index contributed by atoms with van der Waals surface area (Å²) in [6.07, 6.45) is 9.11. The number of rotatable bonds is 4. The fourth-order valence-electron chi connectivity index (χ4n) is 2.97. The Bertz CT molecular complexity index is 1090. The highest BCUT2D eigenvalue weighted by Gasteiger charge is 2.16. The molecule has 0 spiro atoms. The van der Waals surface area contributed by atoms with Gasteiger partial charge >= 0.3 is 0 Å². The Hall–Kier alpha value is -3.48. The molecular weight excluding hydrogens is 328 g/mol. The summed E-state index contributed by atoms with van der Waals surface area (Å²) < 4.78 is 3.55. The Kier molecular flexibility index (Phi) is 3.96. The number of hydrogen-bond donors (Lipinski definition) is 1. The molecule has 1 amide bonds. The van der Waals surface area contributed by atoms with Crippen LogP contribution in [0.25, 0.3) is 16.8 Å². The van der Waals surface area contributed by atoms with E-state index in [2.05, 4.69) is 20.4 Å². The minimum atomic E-state index is -0.159. The number of fused-ring (bicyclic) bond motifs is 1. The van der Waals surface area contributed by atoms with Gasteiger partial charge in [-0.05, 0) is 30.7 Å². The summed E-state index contributed by atoms with van der Waals surface area (Å²) in [7, 11) is 1.87. The van der Waals surface area contributed by atoms with Gasteiger partial charge in [-0.2, -0.15) is 5.10 Å². The van der Waals surface area contributed by atoms with Gasteiger partial charge in [0.15, 0.2) is 0 Å². The summed E-state index contributed by atoms with van der Waals surface area (Å²) in [4.78, 5) is 21.4. The van der Waals surface area contributed by atoms with Crippen LogP contribution in [-0.4, -0.2) is 30.1 Å². The molecule has 0 aliphatic heterocycles. The Labute approximate surface area is 150 Å². The smallest absolute Gasteiger partial charge is 0.270 e. The van der Waals surface area contributed by atoms with Crippen LogP contribution in [0.15, 0.2) is 55.2 Å². The molecule has 7 heteroatoms. The number of nitrogens with one attached hydrogen (secondary N) is 1. The molecule has 4 heterocycles. The van der Waals surface area contributed by atoms with Crippen molar-refractivity contribution in [2.45, 2.75) is 13.5 Å². The van der Waals surface area contributed by atoms with Crippen LogP contribution >= 0.6 is 0 Å². The maximum Gasteiger partial charge on any atom is 0.270 e. The van der Waals surface area contributed by atoms with Crippen LogP contribution in [0.3, 0.4) is 0 Å². The third-order valence-corrected chi connectivity index (χ3v) is 4.21. The molecule has 0 bridgehead atoms. The van der Waals surface area contributed by atoms with Crippen LogP contribution in [0.2, 0.25) is 0 Å². The van der Waals surface area contributed by atoms with Crippen molar-refractivity contribution in [2.24, 2.45) is 7.05 Å². The van der Waals surface area contributed by atoms with Crippen molar-refractivity contribution in [3.63, 3.8) is 0 Å². The Morgan fingerprint density at radius 2 is 2.08 bits per heavy atom.